The number of carbonyl (C=O) groups is 1. The van der Waals surface area contributed by atoms with E-state index in [0.717, 1.165) is 18.5 Å². The fraction of sp³-hybridized carbons (Fsp3) is 0.562. The van der Waals surface area contributed by atoms with E-state index in [9.17, 15) is 4.79 Å². The summed E-state index contributed by atoms with van der Waals surface area (Å²) in [6.07, 6.45) is 4.71. The maximum atomic E-state index is 12.1. The number of aryl methyl sites for hydroxylation is 1. The summed E-state index contributed by atoms with van der Waals surface area (Å²) >= 11 is 0. The van der Waals surface area contributed by atoms with Crippen LogP contribution in [0.25, 0.3) is 0 Å². The molecule has 3 nitrogen and oxygen atoms in total. The molecule has 0 aliphatic heterocycles. The van der Waals surface area contributed by atoms with Gasteiger partial charge >= 0.3 is 0 Å². The second kappa shape index (κ2) is 7.82. The van der Waals surface area contributed by atoms with Crippen LogP contribution in [0.3, 0.4) is 0 Å². The highest BCUT2D eigenvalue weighted by molar-refractivity contribution is 5.99. The minimum absolute atomic E-state index is 0.0625. The molecule has 0 spiro atoms. The molecule has 0 aliphatic rings. The van der Waals surface area contributed by atoms with Gasteiger partial charge in [0.15, 0.2) is 0 Å². The summed E-state index contributed by atoms with van der Waals surface area (Å²) in [4.78, 5) is 12.1. The van der Waals surface area contributed by atoms with Crippen LogP contribution < -0.4 is 11.1 Å². The average Bonchev–Trinajstić information content (AvgIpc) is 2.38. The van der Waals surface area contributed by atoms with Gasteiger partial charge in [-0.25, -0.2) is 0 Å². The van der Waals surface area contributed by atoms with Crippen LogP contribution >= 0.6 is 0 Å². The van der Waals surface area contributed by atoms with E-state index in [4.69, 9.17) is 5.73 Å². The van der Waals surface area contributed by atoms with Crippen LogP contribution in [0, 0.1) is 12.8 Å². The second-order valence-corrected chi connectivity index (χ2v) is 5.22. The van der Waals surface area contributed by atoms with Crippen LogP contribution in [0.5, 0.6) is 0 Å². The molecule has 19 heavy (non-hydrogen) atoms. The topological polar surface area (TPSA) is 55.1 Å². The SMILES string of the molecule is CCCCC(CC)CNC(=O)c1ccc(C)cc1N. The summed E-state index contributed by atoms with van der Waals surface area (Å²) in [5, 5.41) is 3.00. The Kier molecular flexibility index (Phi) is 6.40. The van der Waals surface area contributed by atoms with Gasteiger partial charge in [-0.1, -0.05) is 39.2 Å². The minimum Gasteiger partial charge on any atom is -0.398 e. The zero-order chi connectivity index (χ0) is 14.3. The third-order valence-corrected chi connectivity index (χ3v) is 3.55. The van der Waals surface area contributed by atoms with Crippen LogP contribution in [-0.2, 0) is 0 Å². The molecular formula is C16H26N2O. The molecule has 0 aliphatic carbocycles. The molecule has 0 aromatic heterocycles. The van der Waals surface area contributed by atoms with Crippen molar-refractivity contribution in [2.75, 3.05) is 12.3 Å². The Morgan fingerprint density at radius 3 is 2.68 bits per heavy atom. The lowest BCUT2D eigenvalue weighted by Crippen LogP contribution is -2.29. The van der Waals surface area contributed by atoms with E-state index in [0.29, 0.717) is 17.2 Å². The highest BCUT2D eigenvalue weighted by Crippen LogP contribution is 2.15. The minimum atomic E-state index is -0.0625. The van der Waals surface area contributed by atoms with E-state index in [2.05, 4.69) is 19.2 Å². The summed E-state index contributed by atoms with van der Waals surface area (Å²) in [5.74, 6) is 0.503. The number of rotatable bonds is 7. The van der Waals surface area contributed by atoms with Crippen molar-refractivity contribution in [1.29, 1.82) is 0 Å². The highest BCUT2D eigenvalue weighted by atomic mass is 16.1. The molecule has 0 saturated carbocycles. The Morgan fingerprint density at radius 2 is 2.11 bits per heavy atom. The third kappa shape index (κ3) is 4.93. The van der Waals surface area contributed by atoms with Crippen molar-refractivity contribution in [2.24, 2.45) is 5.92 Å². The van der Waals surface area contributed by atoms with Gasteiger partial charge in [-0.15, -0.1) is 0 Å². The largest absolute Gasteiger partial charge is 0.398 e. The van der Waals surface area contributed by atoms with Crippen LogP contribution in [0.2, 0.25) is 0 Å². The van der Waals surface area contributed by atoms with Crippen molar-refractivity contribution in [3.05, 3.63) is 29.3 Å². The molecule has 0 heterocycles. The number of hydrogen-bond donors (Lipinski definition) is 2. The monoisotopic (exact) mass is 262 g/mol. The molecule has 0 bridgehead atoms. The van der Waals surface area contributed by atoms with Gasteiger partial charge in [0.25, 0.3) is 5.91 Å². The Labute approximate surface area is 116 Å². The van der Waals surface area contributed by atoms with E-state index in [-0.39, 0.29) is 5.91 Å². The Bertz CT molecular complexity index is 415. The maximum Gasteiger partial charge on any atom is 0.253 e. The van der Waals surface area contributed by atoms with Gasteiger partial charge in [-0.05, 0) is 37.0 Å². The van der Waals surface area contributed by atoms with Gasteiger partial charge in [0, 0.05) is 12.2 Å². The molecule has 3 N–H and O–H groups in total. The first-order valence-electron chi connectivity index (χ1n) is 7.22. The molecule has 1 amide bonds. The Hall–Kier alpha value is -1.51. The molecule has 0 fully saturated rings. The zero-order valence-corrected chi connectivity index (χ0v) is 12.3. The van der Waals surface area contributed by atoms with Gasteiger partial charge in [0.2, 0.25) is 0 Å². The van der Waals surface area contributed by atoms with E-state index >= 15 is 0 Å². The van der Waals surface area contributed by atoms with Crippen LogP contribution in [0.4, 0.5) is 5.69 Å². The van der Waals surface area contributed by atoms with Crippen LogP contribution in [0.15, 0.2) is 18.2 Å². The number of nitrogen functional groups attached to an aromatic ring is 1. The number of benzene rings is 1. The zero-order valence-electron chi connectivity index (χ0n) is 12.3. The predicted molar refractivity (Wildman–Crippen MR) is 81.2 cm³/mol. The highest BCUT2D eigenvalue weighted by Gasteiger charge is 2.12. The average molecular weight is 262 g/mol. The molecule has 1 rings (SSSR count). The fourth-order valence-corrected chi connectivity index (χ4v) is 2.16. The van der Waals surface area contributed by atoms with Crippen molar-refractivity contribution >= 4 is 11.6 Å². The molecular weight excluding hydrogens is 236 g/mol. The Morgan fingerprint density at radius 1 is 1.37 bits per heavy atom. The fourth-order valence-electron chi connectivity index (χ4n) is 2.16. The number of amides is 1. The summed E-state index contributed by atoms with van der Waals surface area (Å²) in [6, 6.07) is 5.55. The molecule has 1 aromatic carbocycles. The smallest absolute Gasteiger partial charge is 0.253 e. The van der Waals surface area contributed by atoms with E-state index in [1.54, 1.807) is 6.07 Å². The first-order chi connectivity index (χ1) is 9.08. The first kappa shape index (κ1) is 15.5. The standard InChI is InChI=1S/C16H26N2O/c1-4-6-7-13(5-2)11-18-16(19)14-9-8-12(3)10-15(14)17/h8-10,13H,4-7,11,17H2,1-3H3,(H,18,19). The number of hydrogen-bond acceptors (Lipinski definition) is 2. The summed E-state index contributed by atoms with van der Waals surface area (Å²) < 4.78 is 0. The summed E-state index contributed by atoms with van der Waals surface area (Å²) in [6.45, 7) is 7.07. The van der Waals surface area contributed by atoms with Gasteiger partial charge in [0.05, 0.1) is 5.56 Å². The van der Waals surface area contributed by atoms with Gasteiger partial charge in [-0.3, -0.25) is 4.79 Å². The lowest BCUT2D eigenvalue weighted by atomic mass is 9.99. The number of nitrogens with one attached hydrogen (secondary N) is 1. The predicted octanol–water partition coefficient (Wildman–Crippen LogP) is 3.52. The van der Waals surface area contributed by atoms with Gasteiger partial charge in [-0.2, -0.15) is 0 Å². The lowest BCUT2D eigenvalue weighted by molar-refractivity contribution is 0.0946. The number of carbonyl (C=O) groups excluding carboxylic acids is 1. The maximum absolute atomic E-state index is 12.1. The molecule has 0 saturated heterocycles. The second-order valence-electron chi connectivity index (χ2n) is 5.22. The van der Waals surface area contributed by atoms with Crippen molar-refractivity contribution in [2.45, 2.75) is 46.5 Å². The third-order valence-electron chi connectivity index (χ3n) is 3.55. The van der Waals surface area contributed by atoms with Crippen LogP contribution in [-0.4, -0.2) is 12.5 Å². The van der Waals surface area contributed by atoms with Gasteiger partial charge < -0.3 is 11.1 Å². The molecule has 3 heteroatoms. The number of unbranched alkanes of at least 4 members (excludes halogenated alkanes) is 1. The first-order valence-corrected chi connectivity index (χ1v) is 7.22. The molecule has 1 atom stereocenters. The normalized spacial score (nSPS) is 12.2. The molecule has 106 valence electrons. The van der Waals surface area contributed by atoms with Gasteiger partial charge in [0.1, 0.15) is 0 Å². The molecule has 1 unspecified atom stereocenters. The van der Waals surface area contributed by atoms with Crippen molar-refractivity contribution in [3.8, 4) is 0 Å². The molecule has 0 radical (unpaired) electrons. The van der Waals surface area contributed by atoms with E-state index in [1.807, 2.05) is 19.1 Å². The van der Waals surface area contributed by atoms with E-state index < -0.39 is 0 Å². The Balaban J connectivity index is 2.54. The summed E-state index contributed by atoms with van der Waals surface area (Å²) in [7, 11) is 0. The lowest BCUT2D eigenvalue weighted by Gasteiger charge is -2.15. The van der Waals surface area contributed by atoms with Crippen molar-refractivity contribution in [3.63, 3.8) is 0 Å². The molecule has 1 aromatic rings. The number of nitrogens with two attached hydrogens (primary N) is 1. The quantitative estimate of drug-likeness (QED) is 0.739. The van der Waals surface area contributed by atoms with E-state index in [1.165, 1.54) is 19.3 Å². The number of anilines is 1. The summed E-state index contributed by atoms with van der Waals surface area (Å²) in [5.41, 5.74) is 8.09. The van der Waals surface area contributed by atoms with Crippen molar-refractivity contribution in [1.82, 2.24) is 5.32 Å². The van der Waals surface area contributed by atoms with Crippen LogP contribution in [0.1, 0.15) is 55.5 Å². The van der Waals surface area contributed by atoms with Crippen molar-refractivity contribution < 1.29 is 4.79 Å².